The van der Waals surface area contributed by atoms with E-state index in [-0.39, 0.29) is 11.8 Å². The van der Waals surface area contributed by atoms with Crippen molar-refractivity contribution in [3.63, 3.8) is 0 Å². The Morgan fingerprint density at radius 1 is 1.12 bits per heavy atom. The highest BCUT2D eigenvalue weighted by molar-refractivity contribution is 6.35. The number of carbonyl (C=O) groups excluding carboxylic acids is 1. The van der Waals surface area contributed by atoms with Crippen molar-refractivity contribution in [2.45, 2.75) is 19.4 Å². The Balaban J connectivity index is 1.56. The molecular weight excluding hydrogens is 371 g/mol. The number of ether oxygens (including phenoxy) is 1. The average molecular weight is 393 g/mol. The van der Waals surface area contributed by atoms with Gasteiger partial charge in [0.25, 0.3) is 0 Å². The fourth-order valence-corrected chi connectivity index (χ4v) is 3.76. The van der Waals surface area contributed by atoms with E-state index in [0.29, 0.717) is 28.0 Å². The van der Waals surface area contributed by atoms with Gasteiger partial charge in [0.1, 0.15) is 5.75 Å². The Morgan fingerprint density at radius 2 is 1.77 bits per heavy atom. The molecule has 1 saturated heterocycles. The van der Waals surface area contributed by atoms with Crippen LogP contribution in [0.3, 0.4) is 0 Å². The summed E-state index contributed by atoms with van der Waals surface area (Å²) in [5, 5.41) is 4.37. The molecule has 138 valence electrons. The SMILES string of the molecule is COc1ccccc1NC(=O)C1CCN(Cc2c(Cl)cccc2Cl)CC1. The lowest BCUT2D eigenvalue weighted by atomic mass is 9.95. The summed E-state index contributed by atoms with van der Waals surface area (Å²) in [6.07, 6.45) is 1.62. The molecule has 1 fully saturated rings. The van der Waals surface area contributed by atoms with Gasteiger partial charge >= 0.3 is 0 Å². The van der Waals surface area contributed by atoms with Gasteiger partial charge in [-0.2, -0.15) is 0 Å². The Kier molecular flexibility index (Phi) is 6.41. The number of halogens is 2. The van der Waals surface area contributed by atoms with Crippen LogP contribution in [0.2, 0.25) is 10.0 Å². The molecule has 1 aliphatic heterocycles. The van der Waals surface area contributed by atoms with E-state index < -0.39 is 0 Å². The van der Waals surface area contributed by atoms with Crippen molar-refractivity contribution in [2.24, 2.45) is 5.92 Å². The van der Waals surface area contributed by atoms with Crippen LogP contribution in [-0.2, 0) is 11.3 Å². The molecule has 2 aromatic rings. The Morgan fingerprint density at radius 3 is 2.42 bits per heavy atom. The van der Waals surface area contributed by atoms with E-state index in [1.54, 1.807) is 7.11 Å². The summed E-state index contributed by atoms with van der Waals surface area (Å²) in [7, 11) is 1.60. The third kappa shape index (κ3) is 4.50. The maximum absolute atomic E-state index is 12.6. The van der Waals surface area contributed by atoms with Gasteiger partial charge in [0, 0.05) is 28.1 Å². The van der Waals surface area contributed by atoms with Gasteiger partial charge in [-0.25, -0.2) is 0 Å². The van der Waals surface area contributed by atoms with Crippen molar-refractivity contribution in [1.82, 2.24) is 4.90 Å². The van der Waals surface area contributed by atoms with Gasteiger partial charge in [-0.3, -0.25) is 9.69 Å². The molecule has 1 heterocycles. The van der Waals surface area contributed by atoms with Crippen molar-refractivity contribution in [1.29, 1.82) is 0 Å². The molecule has 0 bridgehead atoms. The monoisotopic (exact) mass is 392 g/mol. The molecule has 0 aliphatic carbocycles. The Labute approximate surface area is 164 Å². The zero-order valence-electron chi connectivity index (χ0n) is 14.7. The van der Waals surface area contributed by atoms with Crippen LogP contribution >= 0.6 is 23.2 Å². The summed E-state index contributed by atoms with van der Waals surface area (Å²) in [4.78, 5) is 14.9. The second-order valence-electron chi connectivity index (χ2n) is 6.44. The molecule has 4 nitrogen and oxygen atoms in total. The minimum absolute atomic E-state index is 0.00196. The van der Waals surface area contributed by atoms with Crippen LogP contribution < -0.4 is 10.1 Å². The lowest BCUT2D eigenvalue weighted by Gasteiger charge is -2.31. The number of anilines is 1. The third-order valence-electron chi connectivity index (χ3n) is 4.77. The number of benzene rings is 2. The fraction of sp³-hybridized carbons (Fsp3) is 0.350. The number of piperidine rings is 1. The molecule has 0 aromatic heterocycles. The molecule has 0 unspecified atom stereocenters. The van der Waals surface area contributed by atoms with Gasteiger partial charge in [0.15, 0.2) is 0 Å². The molecule has 3 rings (SSSR count). The van der Waals surface area contributed by atoms with Gasteiger partial charge in [0.05, 0.1) is 12.8 Å². The van der Waals surface area contributed by atoms with Gasteiger partial charge in [0.2, 0.25) is 5.91 Å². The van der Waals surface area contributed by atoms with Crippen molar-refractivity contribution >= 4 is 34.8 Å². The maximum atomic E-state index is 12.6. The maximum Gasteiger partial charge on any atom is 0.227 e. The molecule has 1 aliphatic rings. The molecule has 26 heavy (non-hydrogen) atoms. The van der Waals surface area contributed by atoms with Gasteiger partial charge in [-0.05, 0) is 50.2 Å². The summed E-state index contributed by atoms with van der Waals surface area (Å²) in [5.74, 6) is 0.717. The van der Waals surface area contributed by atoms with E-state index in [1.807, 2.05) is 42.5 Å². The second kappa shape index (κ2) is 8.76. The number of amides is 1. The minimum atomic E-state index is -0.00196. The van der Waals surface area contributed by atoms with Crippen molar-refractivity contribution in [3.05, 3.63) is 58.1 Å². The van der Waals surface area contributed by atoms with Gasteiger partial charge in [-0.15, -0.1) is 0 Å². The number of carbonyl (C=O) groups is 1. The number of nitrogens with one attached hydrogen (secondary N) is 1. The second-order valence-corrected chi connectivity index (χ2v) is 7.25. The molecule has 1 N–H and O–H groups in total. The molecule has 0 atom stereocenters. The molecule has 2 aromatic carbocycles. The number of para-hydroxylation sites is 2. The van der Waals surface area contributed by atoms with E-state index in [1.165, 1.54) is 0 Å². The molecule has 1 amide bonds. The number of hydrogen-bond donors (Lipinski definition) is 1. The highest BCUT2D eigenvalue weighted by Crippen LogP contribution is 2.29. The lowest BCUT2D eigenvalue weighted by molar-refractivity contribution is -0.121. The average Bonchev–Trinajstić information content (AvgIpc) is 2.66. The summed E-state index contributed by atoms with van der Waals surface area (Å²) in [5.41, 5.74) is 1.66. The summed E-state index contributed by atoms with van der Waals surface area (Å²) >= 11 is 12.5. The van der Waals surface area contributed by atoms with E-state index in [0.717, 1.165) is 31.5 Å². The van der Waals surface area contributed by atoms with Crippen LogP contribution in [-0.4, -0.2) is 31.0 Å². The minimum Gasteiger partial charge on any atom is -0.495 e. The quantitative estimate of drug-likeness (QED) is 0.790. The first-order chi connectivity index (χ1) is 12.6. The van der Waals surface area contributed by atoms with Crippen LogP contribution in [0.5, 0.6) is 5.75 Å². The van der Waals surface area contributed by atoms with Gasteiger partial charge in [-0.1, -0.05) is 41.4 Å². The molecule has 6 heteroatoms. The fourth-order valence-electron chi connectivity index (χ4n) is 3.24. The van der Waals surface area contributed by atoms with E-state index >= 15 is 0 Å². The Hall–Kier alpha value is -1.75. The zero-order chi connectivity index (χ0) is 18.5. The van der Waals surface area contributed by atoms with E-state index in [4.69, 9.17) is 27.9 Å². The number of hydrogen-bond acceptors (Lipinski definition) is 3. The van der Waals surface area contributed by atoms with E-state index in [9.17, 15) is 4.79 Å². The molecule has 0 saturated carbocycles. The van der Waals surface area contributed by atoms with Crippen LogP contribution in [0, 0.1) is 5.92 Å². The van der Waals surface area contributed by atoms with Crippen LogP contribution in [0.25, 0.3) is 0 Å². The first-order valence-electron chi connectivity index (χ1n) is 8.67. The summed E-state index contributed by atoms with van der Waals surface area (Å²) in [6.45, 7) is 2.39. The molecule has 0 radical (unpaired) electrons. The van der Waals surface area contributed by atoms with Crippen LogP contribution in [0.4, 0.5) is 5.69 Å². The zero-order valence-corrected chi connectivity index (χ0v) is 16.2. The van der Waals surface area contributed by atoms with Crippen LogP contribution in [0.15, 0.2) is 42.5 Å². The number of rotatable bonds is 5. The van der Waals surface area contributed by atoms with Crippen molar-refractivity contribution < 1.29 is 9.53 Å². The predicted octanol–water partition coefficient (Wildman–Crippen LogP) is 4.85. The number of nitrogens with zero attached hydrogens (tertiary/aromatic N) is 1. The largest absolute Gasteiger partial charge is 0.495 e. The highest BCUT2D eigenvalue weighted by Gasteiger charge is 2.26. The van der Waals surface area contributed by atoms with Gasteiger partial charge < -0.3 is 10.1 Å². The molecular formula is C20H22Cl2N2O2. The predicted molar refractivity (Wildman–Crippen MR) is 106 cm³/mol. The number of likely N-dealkylation sites (tertiary alicyclic amines) is 1. The van der Waals surface area contributed by atoms with Crippen molar-refractivity contribution in [2.75, 3.05) is 25.5 Å². The standard InChI is InChI=1S/C20H22Cl2N2O2/c1-26-19-8-3-2-7-18(19)23-20(25)14-9-11-24(12-10-14)13-15-16(21)5-4-6-17(15)22/h2-8,14H,9-13H2,1H3,(H,23,25). The summed E-state index contributed by atoms with van der Waals surface area (Å²) in [6, 6.07) is 13.0. The topological polar surface area (TPSA) is 41.6 Å². The third-order valence-corrected chi connectivity index (χ3v) is 5.47. The molecule has 0 spiro atoms. The first kappa shape index (κ1) is 19.0. The van der Waals surface area contributed by atoms with Crippen molar-refractivity contribution in [3.8, 4) is 5.75 Å². The Bertz CT molecular complexity index is 754. The first-order valence-corrected chi connectivity index (χ1v) is 9.43. The van der Waals surface area contributed by atoms with Crippen LogP contribution in [0.1, 0.15) is 18.4 Å². The highest BCUT2D eigenvalue weighted by atomic mass is 35.5. The van der Waals surface area contributed by atoms with E-state index in [2.05, 4.69) is 10.2 Å². The summed E-state index contributed by atoms with van der Waals surface area (Å²) < 4.78 is 5.29. The lowest BCUT2D eigenvalue weighted by Crippen LogP contribution is -2.37. The smallest absolute Gasteiger partial charge is 0.227 e. The number of methoxy groups -OCH3 is 1. The normalized spacial score (nSPS) is 15.7.